The highest BCUT2D eigenvalue weighted by Crippen LogP contribution is 2.32. The van der Waals surface area contributed by atoms with Crippen molar-refractivity contribution in [3.8, 4) is 67.8 Å². The van der Waals surface area contributed by atoms with Crippen LogP contribution in [-0.4, -0.2) is 160 Å². The number of aromatic carboxylic acids is 4. The monoisotopic (exact) mass is 1960 g/mol. The summed E-state index contributed by atoms with van der Waals surface area (Å²) in [6.07, 6.45) is 13.2. The Morgan fingerprint density at radius 1 is 0.348 bits per heavy atom. The molecule has 0 aliphatic rings. The molecule has 0 saturated heterocycles. The first kappa shape index (κ1) is 96.8. The van der Waals surface area contributed by atoms with E-state index in [1.165, 1.54) is 71.9 Å². The number of aryl methyl sites for hydroxylation is 4. The molecule has 0 saturated carbocycles. The van der Waals surface area contributed by atoms with Gasteiger partial charge in [-0.25, -0.2) is 51.1 Å². The van der Waals surface area contributed by atoms with Crippen molar-refractivity contribution in [3.05, 3.63) is 383 Å². The number of hydrogen-bond acceptors (Lipinski definition) is 22. The number of hydrazone groups is 4. The third-order valence-corrected chi connectivity index (χ3v) is 21.7. The van der Waals surface area contributed by atoms with Gasteiger partial charge in [0, 0.05) is 77.9 Å². The topological polar surface area (TPSA) is 439 Å². The van der Waals surface area contributed by atoms with Gasteiger partial charge in [0.1, 0.15) is 28.5 Å². The lowest BCUT2D eigenvalue weighted by atomic mass is 9.80. The quantitative estimate of drug-likeness (QED) is 0.00747. The average molecular weight is 1970 g/mol. The van der Waals surface area contributed by atoms with Crippen LogP contribution in [0.25, 0.3) is 67.8 Å². The van der Waals surface area contributed by atoms with Gasteiger partial charge in [-0.05, 0) is 235 Å². The lowest BCUT2D eigenvalue weighted by molar-refractivity contribution is 0.0686. The fourth-order valence-corrected chi connectivity index (χ4v) is 13.8. The van der Waals surface area contributed by atoms with E-state index in [9.17, 15) is 62.5 Å². The zero-order valence-corrected chi connectivity index (χ0v) is 75.1. The number of carboxylic acids is 4. The number of rotatable bonds is 27. The van der Waals surface area contributed by atoms with E-state index < -0.39 is 68.4 Å². The fourth-order valence-electron chi connectivity index (χ4n) is 12.9. The van der Waals surface area contributed by atoms with Crippen LogP contribution in [0.15, 0.2) is 306 Å². The summed E-state index contributed by atoms with van der Waals surface area (Å²) in [6, 6.07) is 72.7. The maximum Gasteiger partial charge on any atom is 0.488 e. The Kier molecular flexibility index (Phi) is 31.9. The number of nitrogens with zero attached hydrogens (tertiary/aromatic N) is 12. The third-order valence-electron chi connectivity index (χ3n) is 20.3. The molecular formula is C96H77B3Cl2F3IN16O14. The highest BCUT2D eigenvalue weighted by atomic mass is 127. The third kappa shape index (κ3) is 25.1. The van der Waals surface area contributed by atoms with Crippen molar-refractivity contribution in [2.45, 2.75) is 27.7 Å². The van der Waals surface area contributed by atoms with Gasteiger partial charge in [-0.1, -0.05) is 138 Å². The zero-order valence-electron chi connectivity index (χ0n) is 71.4. The standard InChI is InChI=1S/2C24H20BClN4O4.C24H18BF3N4O4.C24H19IN4O2/c1-15-2-11-22(21(26)12-15)28-27-13-18-14-30(20-9-5-17(6-10-20)24(31)32)29-23(18)16-3-7-19(8-4-16)25(33)34;1-15-2-9-20(12-22(15)26)28-27-13-18-14-30(21-10-5-17(6-11-21)24(31)32)29-23(18)16-3-7-19(8-4-16)25(33)34;1-13-10-19(26)21(28)23(20(13)27)30-29-11-16-12-32(18-8-4-15(5-9-18)24(33)34)31-22(16)14-2-6-17(7-3-14)25(35)36;1-16-2-10-21(11-3-16)27-26-14-19-15-29(22-12-6-18(7-13-22)24(30)31)28-23(19)17-4-8-20(25)9-5-17/h2*2-14,28,33-34H,1H3,(H,31,32);2-12,30,35-36H,1H3,(H,33,34);2-15,27H,1H3,(H,30,31)/b2*27-13+;29-11+;26-14+. The SMILES string of the molecule is Cc1cc(F)c(F)c(N/N=C/c2cn(-c3ccc(C(=O)O)cc3)nc2-c2ccc(B(O)O)cc2)c1F.Cc1ccc(N/N=C/c2cn(-c3ccc(C(=O)O)cc3)nc2-c2ccc(B(O)O)cc2)c(Cl)c1.Cc1ccc(N/N=C/c2cn(-c3ccc(C(=O)O)cc3)nc2-c2ccc(B(O)O)cc2)cc1Cl.Cc1ccc(N/N=C/c2cn(-c3ccc(C(=O)O)cc3)nc2-c2ccc(I)cc2)cc1. The summed E-state index contributed by atoms with van der Waals surface area (Å²) in [5.74, 6) is -7.68. The Morgan fingerprint density at radius 3 is 0.985 bits per heavy atom. The van der Waals surface area contributed by atoms with E-state index in [1.807, 2.05) is 106 Å². The molecule has 39 heteroatoms. The minimum Gasteiger partial charge on any atom is -0.478 e. The van der Waals surface area contributed by atoms with Crippen molar-refractivity contribution in [1.82, 2.24) is 39.1 Å². The summed E-state index contributed by atoms with van der Waals surface area (Å²) in [5.41, 5.74) is 28.0. The van der Waals surface area contributed by atoms with Crippen LogP contribution in [0.3, 0.4) is 0 Å². The molecule has 14 N–H and O–H groups in total. The number of aromatic nitrogens is 8. The van der Waals surface area contributed by atoms with E-state index in [4.69, 9.17) is 48.7 Å². The minimum atomic E-state index is -1.66. The van der Waals surface area contributed by atoms with Crippen LogP contribution in [0.1, 0.15) is 85.9 Å². The first-order chi connectivity index (χ1) is 64.8. The molecule has 0 bridgehead atoms. The van der Waals surface area contributed by atoms with Crippen LogP contribution in [0.5, 0.6) is 0 Å². The van der Waals surface area contributed by atoms with Gasteiger partial charge >= 0.3 is 45.2 Å². The van der Waals surface area contributed by atoms with Crippen LogP contribution >= 0.6 is 45.8 Å². The second-order valence-corrected chi connectivity index (χ2v) is 31.9. The van der Waals surface area contributed by atoms with Crippen LogP contribution < -0.4 is 38.1 Å². The first-order valence-electron chi connectivity index (χ1n) is 40.6. The maximum absolute atomic E-state index is 14.3. The minimum absolute atomic E-state index is 0.0877. The molecule has 135 heavy (non-hydrogen) atoms. The second-order valence-electron chi connectivity index (χ2n) is 29.9. The van der Waals surface area contributed by atoms with Crippen LogP contribution in [0.4, 0.5) is 35.9 Å². The Hall–Kier alpha value is -15.7. The van der Waals surface area contributed by atoms with Gasteiger partial charge < -0.3 is 50.6 Å². The van der Waals surface area contributed by atoms with Gasteiger partial charge in [0.25, 0.3) is 0 Å². The molecule has 0 fully saturated rings. The van der Waals surface area contributed by atoms with E-state index in [0.29, 0.717) is 83.1 Å². The number of nitrogens with one attached hydrogen (secondary N) is 4. The van der Waals surface area contributed by atoms with Gasteiger partial charge in [0.05, 0.1) is 91.9 Å². The molecule has 4 aromatic heterocycles. The highest BCUT2D eigenvalue weighted by molar-refractivity contribution is 14.1. The Balaban J connectivity index is 0.000000153. The van der Waals surface area contributed by atoms with Gasteiger partial charge in [0.2, 0.25) is 0 Å². The molecule has 0 amide bonds. The lowest BCUT2D eigenvalue weighted by Crippen LogP contribution is -2.29. The van der Waals surface area contributed by atoms with Gasteiger partial charge in [-0.15, -0.1) is 0 Å². The summed E-state index contributed by atoms with van der Waals surface area (Å²) in [4.78, 5) is 44.6. The molecule has 0 aliphatic heterocycles. The summed E-state index contributed by atoms with van der Waals surface area (Å²) in [5, 5.41) is 129. The molecule has 0 spiro atoms. The van der Waals surface area contributed by atoms with Crippen molar-refractivity contribution in [1.29, 1.82) is 0 Å². The normalized spacial score (nSPS) is 11.1. The average Bonchev–Trinajstić information content (AvgIpc) is 1.38. The maximum atomic E-state index is 14.3. The molecule has 12 aromatic carbocycles. The van der Waals surface area contributed by atoms with E-state index in [1.54, 1.807) is 179 Å². The van der Waals surface area contributed by atoms with Crippen LogP contribution in [0.2, 0.25) is 10.0 Å². The lowest BCUT2D eigenvalue weighted by Gasteiger charge is -2.07. The largest absolute Gasteiger partial charge is 0.488 e. The second kappa shape index (κ2) is 44.5. The number of anilines is 4. The molecule has 676 valence electrons. The number of carboxylic acid groups (broad SMARTS) is 4. The number of carbonyl (C=O) groups is 4. The molecule has 30 nitrogen and oxygen atoms in total. The van der Waals surface area contributed by atoms with Crippen LogP contribution in [-0.2, 0) is 0 Å². The Morgan fingerprint density at radius 2 is 0.659 bits per heavy atom. The van der Waals surface area contributed by atoms with Crippen molar-refractivity contribution in [3.63, 3.8) is 0 Å². The first-order valence-corrected chi connectivity index (χ1v) is 42.4. The van der Waals surface area contributed by atoms with Crippen molar-refractivity contribution in [2.24, 2.45) is 20.4 Å². The molecule has 0 radical (unpaired) electrons. The summed E-state index contributed by atoms with van der Waals surface area (Å²) in [7, 11) is -4.79. The van der Waals surface area contributed by atoms with E-state index >= 15 is 0 Å². The van der Waals surface area contributed by atoms with Crippen molar-refractivity contribution < 1.29 is 82.9 Å². The molecule has 16 aromatic rings. The fraction of sp³-hybridized carbons (Fsp3) is 0.0417. The molecule has 0 atom stereocenters. The molecule has 0 unspecified atom stereocenters. The van der Waals surface area contributed by atoms with Crippen molar-refractivity contribution in [2.75, 3.05) is 21.7 Å². The highest BCUT2D eigenvalue weighted by Gasteiger charge is 2.23. The summed E-state index contributed by atoms with van der Waals surface area (Å²) >= 11 is 14.7. The number of hydrogen-bond donors (Lipinski definition) is 14. The van der Waals surface area contributed by atoms with E-state index in [-0.39, 0.29) is 33.3 Å². The Labute approximate surface area is 792 Å². The Bertz CT molecular complexity index is 7060. The number of halogens is 6. The van der Waals surface area contributed by atoms with Crippen LogP contribution in [0, 0.1) is 48.7 Å². The van der Waals surface area contributed by atoms with E-state index in [0.717, 1.165) is 65.8 Å². The zero-order chi connectivity index (χ0) is 96.3. The molecule has 0 aliphatic carbocycles. The molecule has 16 rings (SSSR count). The summed E-state index contributed by atoms with van der Waals surface area (Å²) < 4.78 is 49.6. The van der Waals surface area contributed by atoms with E-state index in [2.05, 4.69) is 80.0 Å². The van der Waals surface area contributed by atoms with Crippen molar-refractivity contribution >= 4 is 155 Å². The predicted molar refractivity (Wildman–Crippen MR) is 526 cm³/mol. The van der Waals surface area contributed by atoms with Gasteiger partial charge in [-0.2, -0.15) is 40.8 Å². The van der Waals surface area contributed by atoms with Gasteiger partial charge in [0.15, 0.2) is 17.5 Å². The smallest absolute Gasteiger partial charge is 0.478 e. The number of benzene rings is 12. The van der Waals surface area contributed by atoms with Gasteiger partial charge in [-0.3, -0.25) is 21.7 Å². The molecule has 4 heterocycles. The molecular weight excluding hydrogens is 1890 g/mol. The summed E-state index contributed by atoms with van der Waals surface area (Å²) in [6.45, 7) is 7.19. The predicted octanol–water partition coefficient (Wildman–Crippen LogP) is 15.3.